The molecular formula is C9H12ClO4P. The molecule has 0 heterocycles. The molecule has 1 atom stereocenters. The van der Waals surface area contributed by atoms with Crippen LogP contribution in [0.4, 0.5) is 0 Å². The van der Waals surface area contributed by atoms with E-state index >= 15 is 0 Å². The Bertz CT molecular complexity index is 357. The van der Waals surface area contributed by atoms with Crippen LogP contribution < -0.4 is 0 Å². The van der Waals surface area contributed by atoms with E-state index < -0.39 is 13.4 Å². The SMILES string of the molecule is COP(=O)(OC)C(O)c1ccc(Cl)cc1. The second kappa shape index (κ2) is 5.10. The highest BCUT2D eigenvalue weighted by Gasteiger charge is 2.33. The third-order valence-corrected chi connectivity index (χ3v) is 4.14. The first-order chi connectivity index (χ1) is 7.03. The molecule has 0 amide bonds. The smallest absolute Gasteiger partial charge is 0.362 e. The molecule has 0 saturated heterocycles. The third kappa shape index (κ3) is 2.80. The summed E-state index contributed by atoms with van der Waals surface area (Å²) in [5, 5.41) is 10.3. The van der Waals surface area contributed by atoms with Crippen LogP contribution in [-0.2, 0) is 13.6 Å². The zero-order chi connectivity index (χ0) is 11.5. The normalized spacial score (nSPS) is 13.9. The van der Waals surface area contributed by atoms with Crippen molar-refractivity contribution in [2.45, 2.75) is 5.85 Å². The van der Waals surface area contributed by atoms with Gasteiger partial charge in [-0.3, -0.25) is 4.57 Å². The average molecular weight is 251 g/mol. The van der Waals surface area contributed by atoms with Gasteiger partial charge in [0.25, 0.3) is 0 Å². The fourth-order valence-electron chi connectivity index (χ4n) is 1.09. The maximum atomic E-state index is 11.8. The predicted molar refractivity (Wildman–Crippen MR) is 58.0 cm³/mol. The third-order valence-electron chi connectivity index (χ3n) is 1.98. The van der Waals surface area contributed by atoms with Crippen molar-refractivity contribution >= 4 is 19.2 Å². The quantitative estimate of drug-likeness (QED) is 0.835. The van der Waals surface area contributed by atoms with Crippen molar-refractivity contribution < 1.29 is 18.7 Å². The highest BCUT2D eigenvalue weighted by atomic mass is 35.5. The van der Waals surface area contributed by atoms with Crippen molar-refractivity contribution in [2.75, 3.05) is 14.2 Å². The molecule has 0 aromatic heterocycles. The lowest BCUT2D eigenvalue weighted by molar-refractivity contribution is 0.176. The van der Waals surface area contributed by atoms with Crippen LogP contribution in [0.1, 0.15) is 11.4 Å². The Hall–Kier alpha value is -0.380. The molecule has 1 aromatic carbocycles. The zero-order valence-corrected chi connectivity index (χ0v) is 10.0. The van der Waals surface area contributed by atoms with Crippen molar-refractivity contribution in [3.05, 3.63) is 34.9 Å². The summed E-state index contributed by atoms with van der Waals surface area (Å²) in [5.41, 5.74) is 0.437. The summed E-state index contributed by atoms with van der Waals surface area (Å²) < 4.78 is 21.2. The maximum absolute atomic E-state index is 11.8. The number of aliphatic hydroxyl groups is 1. The van der Waals surface area contributed by atoms with Gasteiger partial charge in [-0.2, -0.15) is 0 Å². The highest BCUT2D eigenvalue weighted by Crippen LogP contribution is 2.58. The van der Waals surface area contributed by atoms with Gasteiger partial charge in [-0.1, -0.05) is 23.7 Å². The molecule has 0 bridgehead atoms. The van der Waals surface area contributed by atoms with Gasteiger partial charge in [0, 0.05) is 19.2 Å². The van der Waals surface area contributed by atoms with Gasteiger partial charge in [-0.25, -0.2) is 0 Å². The molecule has 1 rings (SSSR count). The standard InChI is InChI=1S/C9H12ClO4P/c1-13-15(12,14-2)9(11)7-3-5-8(10)6-4-7/h3-6,9,11H,1-2H3. The van der Waals surface area contributed by atoms with Crippen LogP contribution in [0.3, 0.4) is 0 Å². The second-order valence-electron chi connectivity index (χ2n) is 2.83. The molecule has 0 aliphatic heterocycles. The number of hydrogen-bond acceptors (Lipinski definition) is 4. The molecule has 0 aliphatic carbocycles. The maximum Gasteiger partial charge on any atom is 0.362 e. The molecule has 0 fully saturated rings. The minimum absolute atomic E-state index is 0.437. The molecule has 84 valence electrons. The topological polar surface area (TPSA) is 55.8 Å². The van der Waals surface area contributed by atoms with Crippen molar-refractivity contribution in [3.63, 3.8) is 0 Å². The summed E-state index contributed by atoms with van der Waals surface area (Å²) in [6.45, 7) is 0. The Morgan fingerprint density at radius 1 is 1.27 bits per heavy atom. The minimum Gasteiger partial charge on any atom is -0.376 e. The first-order valence-corrected chi connectivity index (χ1v) is 6.17. The monoisotopic (exact) mass is 250 g/mol. The van der Waals surface area contributed by atoms with Crippen molar-refractivity contribution in [1.29, 1.82) is 0 Å². The first-order valence-electron chi connectivity index (χ1n) is 4.18. The van der Waals surface area contributed by atoms with Crippen molar-refractivity contribution in [1.82, 2.24) is 0 Å². The Kier molecular flexibility index (Phi) is 4.32. The van der Waals surface area contributed by atoms with Gasteiger partial charge in [0.2, 0.25) is 0 Å². The van der Waals surface area contributed by atoms with E-state index in [4.69, 9.17) is 11.6 Å². The van der Waals surface area contributed by atoms with Gasteiger partial charge in [0.05, 0.1) is 0 Å². The van der Waals surface area contributed by atoms with Gasteiger partial charge in [-0.15, -0.1) is 0 Å². The second-order valence-corrected chi connectivity index (χ2v) is 5.57. The molecular weight excluding hydrogens is 239 g/mol. The molecule has 1 N–H and O–H groups in total. The number of hydrogen-bond donors (Lipinski definition) is 1. The largest absolute Gasteiger partial charge is 0.376 e. The van der Waals surface area contributed by atoms with Gasteiger partial charge in [0.1, 0.15) is 0 Å². The average Bonchev–Trinajstić information content (AvgIpc) is 2.28. The van der Waals surface area contributed by atoms with Gasteiger partial charge in [-0.05, 0) is 17.7 Å². The Balaban J connectivity index is 2.98. The lowest BCUT2D eigenvalue weighted by Crippen LogP contribution is -2.02. The highest BCUT2D eigenvalue weighted by molar-refractivity contribution is 7.53. The molecule has 0 aliphatic rings. The number of benzene rings is 1. The number of halogens is 1. The van der Waals surface area contributed by atoms with E-state index in [9.17, 15) is 9.67 Å². The summed E-state index contributed by atoms with van der Waals surface area (Å²) in [6.07, 6.45) is 0. The van der Waals surface area contributed by atoms with E-state index in [0.717, 1.165) is 0 Å². The van der Waals surface area contributed by atoms with Crippen LogP contribution >= 0.6 is 19.2 Å². The molecule has 0 spiro atoms. The van der Waals surface area contributed by atoms with E-state index in [1.54, 1.807) is 24.3 Å². The van der Waals surface area contributed by atoms with Gasteiger partial charge >= 0.3 is 7.60 Å². The van der Waals surface area contributed by atoms with Crippen LogP contribution in [0.15, 0.2) is 24.3 Å². The Morgan fingerprint density at radius 3 is 2.13 bits per heavy atom. The summed E-state index contributed by atoms with van der Waals surface area (Å²) >= 11 is 5.69. The van der Waals surface area contributed by atoms with Crippen molar-refractivity contribution in [2.24, 2.45) is 0 Å². The fraction of sp³-hybridized carbons (Fsp3) is 0.333. The summed E-state index contributed by atoms with van der Waals surface area (Å²) in [5.74, 6) is -1.30. The first kappa shape index (κ1) is 12.7. The van der Waals surface area contributed by atoms with Crippen LogP contribution in [0.5, 0.6) is 0 Å². The van der Waals surface area contributed by atoms with E-state index in [1.807, 2.05) is 0 Å². The molecule has 6 heteroatoms. The Labute approximate surface area is 93.3 Å². The van der Waals surface area contributed by atoms with Gasteiger partial charge in [0.15, 0.2) is 5.85 Å². The van der Waals surface area contributed by atoms with E-state index in [-0.39, 0.29) is 0 Å². The van der Waals surface area contributed by atoms with Crippen LogP contribution in [0.2, 0.25) is 5.02 Å². The number of rotatable bonds is 4. The molecule has 0 radical (unpaired) electrons. The Morgan fingerprint density at radius 2 is 1.73 bits per heavy atom. The minimum atomic E-state index is -3.50. The van der Waals surface area contributed by atoms with Crippen LogP contribution in [0, 0.1) is 0 Å². The van der Waals surface area contributed by atoms with Crippen LogP contribution in [0.25, 0.3) is 0 Å². The zero-order valence-electron chi connectivity index (χ0n) is 8.38. The molecule has 1 aromatic rings. The predicted octanol–water partition coefficient (Wildman–Crippen LogP) is 2.82. The number of aliphatic hydroxyl groups excluding tert-OH is 1. The van der Waals surface area contributed by atoms with E-state index in [1.165, 1.54) is 14.2 Å². The van der Waals surface area contributed by atoms with E-state index in [2.05, 4.69) is 9.05 Å². The summed E-state index contributed by atoms with van der Waals surface area (Å²) in [4.78, 5) is 0. The molecule has 1 unspecified atom stereocenters. The molecule has 15 heavy (non-hydrogen) atoms. The lowest BCUT2D eigenvalue weighted by Gasteiger charge is -2.19. The molecule has 4 nitrogen and oxygen atoms in total. The van der Waals surface area contributed by atoms with Crippen molar-refractivity contribution in [3.8, 4) is 0 Å². The molecule has 0 saturated carbocycles. The fourth-order valence-corrected chi connectivity index (χ4v) is 2.30. The summed E-state index contributed by atoms with van der Waals surface area (Å²) in [6, 6.07) is 6.32. The van der Waals surface area contributed by atoms with Gasteiger partial charge < -0.3 is 14.2 Å². The summed E-state index contributed by atoms with van der Waals surface area (Å²) in [7, 11) is -1.05. The van der Waals surface area contributed by atoms with Crippen LogP contribution in [-0.4, -0.2) is 19.3 Å². The lowest BCUT2D eigenvalue weighted by atomic mass is 10.2. The van der Waals surface area contributed by atoms with E-state index in [0.29, 0.717) is 10.6 Å².